The minimum absolute atomic E-state index is 0.127. The number of Topliss-reactive ketones (excluding diaryl/α,β-unsaturated/α-hetero) is 3. The quantitative estimate of drug-likeness (QED) is 0.0298. The zero-order valence-corrected chi connectivity index (χ0v) is 55.6. The van der Waals surface area contributed by atoms with Crippen LogP contribution in [0.1, 0.15) is 57.2 Å². The van der Waals surface area contributed by atoms with E-state index >= 15 is 0 Å². The van der Waals surface area contributed by atoms with Crippen molar-refractivity contribution in [1.82, 2.24) is 0 Å². The molecule has 0 radical (unpaired) electrons. The summed E-state index contributed by atoms with van der Waals surface area (Å²) in [6, 6.07) is 81.5. The van der Waals surface area contributed by atoms with Crippen LogP contribution in [0.25, 0.3) is 0 Å². The molecule has 21 heteroatoms. The van der Waals surface area contributed by atoms with E-state index in [0.29, 0.717) is 81.9 Å². The molecule has 0 atom stereocenters. The van der Waals surface area contributed by atoms with E-state index in [1.54, 1.807) is 106 Å². The number of rotatable bonds is 24. The maximum absolute atomic E-state index is 11.2. The molecule has 0 saturated heterocycles. The van der Waals surface area contributed by atoms with E-state index in [2.05, 4.69) is 78.5 Å². The van der Waals surface area contributed by atoms with Crippen molar-refractivity contribution >= 4 is 103 Å². The highest BCUT2D eigenvalue weighted by molar-refractivity contribution is 5.79. The van der Waals surface area contributed by atoms with Crippen molar-refractivity contribution in [3.8, 4) is 17.2 Å². The van der Waals surface area contributed by atoms with Gasteiger partial charge in [0, 0.05) is 24.9 Å². The van der Waals surface area contributed by atoms with Gasteiger partial charge >= 0.3 is 0 Å². The molecule has 0 aliphatic rings. The number of benzene rings is 11. The lowest BCUT2D eigenvalue weighted by atomic mass is 10.1. The van der Waals surface area contributed by atoms with E-state index in [9.17, 15) is 19.5 Å². The molecular formula is C79H73N15O6. The molecule has 0 fully saturated rings. The van der Waals surface area contributed by atoms with Crippen LogP contribution in [0.2, 0.25) is 0 Å². The molecule has 0 unspecified atom stereocenters. The largest absolute Gasteiger partial charge is 0.508 e. The molecular weight excluding hydrogens is 1250 g/mol. The van der Waals surface area contributed by atoms with Gasteiger partial charge in [0.1, 0.15) is 34.6 Å². The zero-order valence-electron chi connectivity index (χ0n) is 55.6. The number of hydrogen-bond acceptors (Lipinski definition) is 21. The molecule has 0 bridgehead atoms. The highest BCUT2D eigenvalue weighted by Crippen LogP contribution is 2.30. The lowest BCUT2D eigenvalue weighted by Gasteiger charge is -2.04. The number of nitrogens with zero attached hydrogens (tertiary/aromatic N) is 14. The van der Waals surface area contributed by atoms with Gasteiger partial charge in [-0.15, -0.1) is 0 Å². The van der Waals surface area contributed by atoms with Gasteiger partial charge in [-0.1, -0.05) is 67.9 Å². The number of unbranched alkanes of at least 4 members (excludes halogenated alkanes) is 1. The Morgan fingerprint density at radius 3 is 0.700 bits per heavy atom. The first-order chi connectivity index (χ1) is 48.6. The van der Waals surface area contributed by atoms with Crippen LogP contribution in [0, 0.1) is 0 Å². The molecule has 500 valence electrons. The van der Waals surface area contributed by atoms with Gasteiger partial charge in [-0.2, -0.15) is 71.6 Å². The first-order valence-electron chi connectivity index (χ1n) is 31.8. The Hall–Kier alpha value is -13.2. The standard InChI is InChI=1S/C31H30N6O2.C27H22N6O2.C15H15N3O.C6H6O/c1-3-4-21-39-31-19-17-30(18-20-31)37-36-29-15-13-28(14-16-29)35-34-27-11-9-26(10-12-27)33-32-25-7-5-24(6-8-25)22-23(2)38;1-19(34)18-20-2-4-21(5-3-20)28-29-22-6-8-23(9-7-22)30-31-24-10-12-25(13-11-24)32-33-26-14-16-27(35)17-15-26;1-11(19)10-12-2-6-14(7-3-12)17-18-15-8-4-13(16)5-9-15;7-6-4-2-1-3-5-6/h5-20H,3-4,21-22H2,1-2H3;2-17,35H,18H2,1H3;2-9H,10,16H2,1H3;1-5,7H. The summed E-state index contributed by atoms with van der Waals surface area (Å²) in [4.78, 5) is 33.4. The molecule has 11 aromatic rings. The van der Waals surface area contributed by atoms with E-state index in [-0.39, 0.29) is 23.1 Å². The van der Waals surface area contributed by atoms with Crippen LogP contribution in [0.5, 0.6) is 17.2 Å². The second-order valence-corrected chi connectivity index (χ2v) is 22.2. The average Bonchev–Trinajstić information content (AvgIpc) is 1.04. The number of azo groups is 7. The third-order valence-electron chi connectivity index (χ3n) is 13.6. The molecule has 0 aliphatic heterocycles. The molecule has 21 nitrogen and oxygen atoms in total. The molecule has 0 heterocycles. The molecule has 0 aromatic heterocycles. The number of aromatic hydroxyl groups is 2. The fourth-order valence-electron chi connectivity index (χ4n) is 8.49. The topological polar surface area (TPSA) is 300 Å². The van der Waals surface area contributed by atoms with Crippen LogP contribution >= 0.6 is 0 Å². The van der Waals surface area contributed by atoms with Crippen LogP contribution in [0.15, 0.2) is 345 Å². The molecule has 4 N–H and O–H groups in total. The van der Waals surface area contributed by atoms with Gasteiger partial charge in [-0.3, -0.25) is 14.4 Å². The van der Waals surface area contributed by atoms with Crippen molar-refractivity contribution in [2.75, 3.05) is 12.3 Å². The van der Waals surface area contributed by atoms with E-state index in [0.717, 1.165) is 70.3 Å². The SMILES string of the molecule is CC(=O)Cc1ccc(N=Nc2ccc(N)cc2)cc1.CC(=O)Cc1ccc(N=Nc2ccc(N=Nc3ccc(N=Nc4ccc(O)cc4)cc3)cc2)cc1.CCCCOc1ccc(N=Nc2ccc(N=Nc3ccc(N=Nc4ccc(CC(C)=O)cc4)cc3)cc2)cc1.Oc1ccccc1. The predicted molar refractivity (Wildman–Crippen MR) is 391 cm³/mol. The molecule has 11 rings (SSSR count). The maximum Gasteiger partial charge on any atom is 0.134 e. The van der Waals surface area contributed by atoms with Crippen molar-refractivity contribution < 1.29 is 29.3 Å². The van der Waals surface area contributed by atoms with Gasteiger partial charge in [0.25, 0.3) is 0 Å². The zero-order chi connectivity index (χ0) is 70.5. The minimum atomic E-state index is 0.127. The lowest BCUT2D eigenvalue weighted by Crippen LogP contribution is -1.95. The molecule has 100 heavy (non-hydrogen) atoms. The van der Waals surface area contributed by atoms with E-state index in [4.69, 9.17) is 15.6 Å². The van der Waals surface area contributed by atoms with Crippen LogP contribution in [-0.4, -0.2) is 34.2 Å². The number of para-hydroxylation sites is 1. The Bertz CT molecular complexity index is 4550. The molecule has 0 saturated carbocycles. The highest BCUT2D eigenvalue weighted by atomic mass is 16.5. The second kappa shape index (κ2) is 39.6. The average molecular weight is 1330 g/mol. The van der Waals surface area contributed by atoms with Crippen molar-refractivity contribution in [2.45, 2.75) is 59.8 Å². The normalized spacial score (nSPS) is 11.2. The number of hydrogen-bond donors (Lipinski definition) is 3. The van der Waals surface area contributed by atoms with Gasteiger partial charge in [0.15, 0.2) is 0 Å². The van der Waals surface area contributed by atoms with Crippen LogP contribution < -0.4 is 10.5 Å². The Morgan fingerprint density at radius 1 is 0.290 bits per heavy atom. The van der Waals surface area contributed by atoms with Crippen LogP contribution in [0.3, 0.4) is 0 Å². The van der Waals surface area contributed by atoms with Crippen molar-refractivity contribution in [1.29, 1.82) is 0 Å². The molecule has 0 aliphatic carbocycles. The summed E-state index contributed by atoms with van der Waals surface area (Å²) in [7, 11) is 0. The van der Waals surface area contributed by atoms with Gasteiger partial charge < -0.3 is 20.7 Å². The van der Waals surface area contributed by atoms with Gasteiger partial charge in [-0.25, -0.2) is 0 Å². The number of carbonyl (C=O) groups excluding carboxylic acids is 3. The third-order valence-corrected chi connectivity index (χ3v) is 13.6. The Kier molecular flexibility index (Phi) is 28.8. The first-order valence-corrected chi connectivity index (χ1v) is 31.8. The smallest absolute Gasteiger partial charge is 0.134 e. The second-order valence-electron chi connectivity index (χ2n) is 22.2. The number of carbonyl (C=O) groups is 3. The first kappa shape index (κ1) is 72.7. The van der Waals surface area contributed by atoms with Crippen molar-refractivity contribution in [2.24, 2.45) is 71.6 Å². The van der Waals surface area contributed by atoms with Crippen LogP contribution in [-0.2, 0) is 33.6 Å². The number of phenols is 2. The summed E-state index contributed by atoms with van der Waals surface area (Å²) in [5.41, 5.74) is 19.1. The number of anilines is 1. The molecule has 0 spiro atoms. The van der Waals surface area contributed by atoms with Gasteiger partial charge in [0.05, 0.1) is 86.2 Å². The minimum Gasteiger partial charge on any atom is -0.508 e. The Labute approximate surface area is 579 Å². The summed E-state index contributed by atoms with van der Waals surface area (Å²) < 4.78 is 5.67. The lowest BCUT2D eigenvalue weighted by molar-refractivity contribution is -0.117. The highest BCUT2D eigenvalue weighted by Gasteiger charge is 2.04. The van der Waals surface area contributed by atoms with E-state index < -0.39 is 0 Å². The summed E-state index contributed by atoms with van der Waals surface area (Å²) in [5.74, 6) is 1.75. The molecule has 11 aromatic carbocycles. The van der Waals surface area contributed by atoms with Gasteiger partial charge in [0.2, 0.25) is 0 Å². The summed E-state index contributed by atoms with van der Waals surface area (Å²) in [5, 5.41) is 77.1. The van der Waals surface area contributed by atoms with Crippen molar-refractivity contribution in [3.05, 3.63) is 290 Å². The fraction of sp³-hybridized carbons (Fsp3) is 0.127. The third kappa shape index (κ3) is 27.7. The number of ether oxygens (including phenoxy) is 1. The molecule has 0 amide bonds. The van der Waals surface area contributed by atoms with E-state index in [1.807, 2.05) is 188 Å². The number of nitrogen functional groups attached to an aromatic ring is 1. The summed E-state index contributed by atoms with van der Waals surface area (Å²) >= 11 is 0. The van der Waals surface area contributed by atoms with Crippen LogP contribution in [0.4, 0.5) is 85.3 Å². The predicted octanol–water partition coefficient (Wildman–Crippen LogP) is 24.2. The summed E-state index contributed by atoms with van der Waals surface area (Å²) in [6.07, 6.45) is 3.44. The van der Waals surface area contributed by atoms with Gasteiger partial charge in [-0.05, 0) is 262 Å². The Morgan fingerprint density at radius 2 is 0.490 bits per heavy atom. The van der Waals surface area contributed by atoms with E-state index in [1.165, 1.54) is 0 Å². The Balaban J connectivity index is 0.000000190. The maximum atomic E-state index is 11.2. The fourth-order valence-corrected chi connectivity index (χ4v) is 8.49. The van der Waals surface area contributed by atoms with Crippen molar-refractivity contribution in [3.63, 3.8) is 0 Å². The number of nitrogens with two attached hydrogens (primary N) is 1. The number of phenolic OH excluding ortho intramolecular Hbond substituents is 2. The summed E-state index contributed by atoms with van der Waals surface area (Å²) in [6.45, 7) is 7.59. The monoisotopic (exact) mass is 1330 g/mol. The number of ketones is 3.